The van der Waals surface area contributed by atoms with Gasteiger partial charge in [0.2, 0.25) is 15.9 Å². The van der Waals surface area contributed by atoms with E-state index in [1.807, 2.05) is 30.3 Å². The molecule has 1 aromatic carbocycles. The van der Waals surface area contributed by atoms with Crippen LogP contribution in [-0.2, 0) is 14.8 Å². The molecule has 23 heavy (non-hydrogen) atoms. The second-order valence-corrected chi connectivity index (χ2v) is 8.14. The first kappa shape index (κ1) is 17.9. The first-order chi connectivity index (χ1) is 10.9. The normalized spacial score (nSPS) is 16.5. The molecule has 1 aliphatic rings. The summed E-state index contributed by atoms with van der Waals surface area (Å²) in [7, 11) is -1.56. The Morgan fingerprint density at radius 2 is 1.74 bits per heavy atom. The van der Waals surface area contributed by atoms with Crippen LogP contribution in [-0.4, -0.2) is 44.5 Å². The average Bonchev–Trinajstić information content (AvgIpc) is 2.54. The van der Waals surface area contributed by atoms with Crippen molar-refractivity contribution < 1.29 is 13.2 Å². The zero-order valence-electron chi connectivity index (χ0n) is 13.9. The van der Waals surface area contributed by atoms with Gasteiger partial charge in [0.1, 0.15) is 0 Å². The summed E-state index contributed by atoms with van der Waals surface area (Å²) in [5, 5.41) is 0. The van der Waals surface area contributed by atoms with Gasteiger partial charge in [-0.15, -0.1) is 0 Å². The van der Waals surface area contributed by atoms with Gasteiger partial charge < -0.3 is 4.90 Å². The second-order valence-electron chi connectivity index (χ2n) is 6.20. The molecule has 0 atom stereocenters. The van der Waals surface area contributed by atoms with Crippen LogP contribution in [0.2, 0.25) is 0 Å². The van der Waals surface area contributed by atoms with Gasteiger partial charge in [-0.3, -0.25) is 4.79 Å². The molecule has 0 aliphatic heterocycles. The van der Waals surface area contributed by atoms with E-state index in [4.69, 9.17) is 0 Å². The van der Waals surface area contributed by atoms with Gasteiger partial charge in [-0.1, -0.05) is 37.5 Å². The van der Waals surface area contributed by atoms with Gasteiger partial charge in [0.05, 0.1) is 6.26 Å². The molecule has 128 valence electrons. The Labute approximate surface area is 139 Å². The number of rotatable bonds is 6. The summed E-state index contributed by atoms with van der Waals surface area (Å²) in [5.74, 6) is -0.0688. The summed E-state index contributed by atoms with van der Waals surface area (Å²) in [5.41, 5.74) is 0.820. The Morgan fingerprint density at radius 1 is 1.13 bits per heavy atom. The number of nitrogens with zero attached hydrogens (tertiary/aromatic N) is 2. The summed E-state index contributed by atoms with van der Waals surface area (Å²) in [6.45, 7) is 0.263. The van der Waals surface area contributed by atoms with Crippen LogP contribution in [0, 0.1) is 0 Å². The number of para-hydroxylation sites is 1. The molecule has 0 radical (unpaired) electrons. The van der Waals surface area contributed by atoms with Crippen LogP contribution in [0.1, 0.15) is 38.5 Å². The maximum absolute atomic E-state index is 12.4. The van der Waals surface area contributed by atoms with Crippen LogP contribution < -0.4 is 4.90 Å². The van der Waals surface area contributed by atoms with Crippen molar-refractivity contribution in [3.8, 4) is 0 Å². The Hall–Kier alpha value is -1.40. The molecule has 5 nitrogen and oxygen atoms in total. The molecule has 0 saturated heterocycles. The van der Waals surface area contributed by atoms with E-state index < -0.39 is 10.0 Å². The maximum atomic E-state index is 12.4. The van der Waals surface area contributed by atoms with Crippen molar-refractivity contribution in [1.29, 1.82) is 0 Å². The third-order valence-corrected chi connectivity index (χ3v) is 5.80. The van der Waals surface area contributed by atoms with Gasteiger partial charge in [-0.2, -0.15) is 4.31 Å². The highest BCUT2D eigenvalue weighted by Crippen LogP contribution is 2.24. The van der Waals surface area contributed by atoms with Crippen molar-refractivity contribution in [3.05, 3.63) is 30.3 Å². The SMILES string of the molecule is CN(C(=O)CCN(C1CCCCC1)S(C)(=O)=O)c1ccccc1. The topological polar surface area (TPSA) is 57.7 Å². The Kier molecular flexibility index (Phi) is 6.18. The number of hydrogen-bond acceptors (Lipinski definition) is 3. The molecule has 6 heteroatoms. The molecule has 1 aromatic rings. The van der Waals surface area contributed by atoms with Crippen LogP contribution in [0.15, 0.2) is 30.3 Å². The van der Waals surface area contributed by atoms with Crippen molar-refractivity contribution in [2.75, 3.05) is 24.7 Å². The summed E-state index contributed by atoms with van der Waals surface area (Å²) in [4.78, 5) is 13.9. The molecule has 0 spiro atoms. The standard InChI is InChI=1S/C17H26N2O3S/c1-18(15-9-5-3-6-10-15)17(20)13-14-19(23(2,21)22)16-11-7-4-8-12-16/h3,5-6,9-10,16H,4,7-8,11-14H2,1-2H3. The van der Waals surface area contributed by atoms with Crippen molar-refractivity contribution in [1.82, 2.24) is 4.31 Å². The predicted octanol–water partition coefficient (Wildman–Crippen LogP) is 2.63. The third-order valence-electron chi connectivity index (χ3n) is 4.47. The largest absolute Gasteiger partial charge is 0.315 e. The quantitative estimate of drug-likeness (QED) is 0.801. The minimum Gasteiger partial charge on any atom is -0.315 e. The molecule has 0 aromatic heterocycles. The van der Waals surface area contributed by atoms with E-state index in [1.54, 1.807) is 11.9 Å². The lowest BCUT2D eigenvalue weighted by molar-refractivity contribution is -0.118. The van der Waals surface area contributed by atoms with Crippen LogP contribution in [0.25, 0.3) is 0 Å². The van der Waals surface area contributed by atoms with Crippen molar-refractivity contribution >= 4 is 21.6 Å². The number of anilines is 1. The molecule has 1 fully saturated rings. The Morgan fingerprint density at radius 3 is 2.30 bits per heavy atom. The molecule has 2 rings (SSSR count). The fraction of sp³-hybridized carbons (Fsp3) is 0.588. The zero-order chi connectivity index (χ0) is 16.9. The van der Waals surface area contributed by atoms with Gasteiger partial charge in [-0.05, 0) is 25.0 Å². The molecule has 0 unspecified atom stereocenters. The fourth-order valence-electron chi connectivity index (χ4n) is 3.16. The third kappa shape index (κ3) is 5.04. The van der Waals surface area contributed by atoms with Crippen molar-refractivity contribution in [2.45, 2.75) is 44.6 Å². The van der Waals surface area contributed by atoms with Crippen molar-refractivity contribution in [3.63, 3.8) is 0 Å². The van der Waals surface area contributed by atoms with Crippen LogP contribution in [0.4, 0.5) is 5.69 Å². The molecule has 0 heterocycles. The molecular weight excluding hydrogens is 312 g/mol. The number of benzene rings is 1. The predicted molar refractivity (Wildman–Crippen MR) is 92.9 cm³/mol. The number of hydrogen-bond donors (Lipinski definition) is 0. The van der Waals surface area contributed by atoms with Crippen LogP contribution in [0.5, 0.6) is 0 Å². The molecule has 1 amide bonds. The van der Waals surface area contributed by atoms with E-state index in [2.05, 4.69) is 0 Å². The highest BCUT2D eigenvalue weighted by molar-refractivity contribution is 7.88. The van der Waals surface area contributed by atoms with Crippen LogP contribution in [0.3, 0.4) is 0 Å². The number of carbonyl (C=O) groups excluding carboxylic acids is 1. The van der Waals surface area contributed by atoms with Gasteiger partial charge >= 0.3 is 0 Å². The van der Waals surface area contributed by atoms with Gasteiger partial charge in [0.15, 0.2) is 0 Å². The summed E-state index contributed by atoms with van der Waals surface area (Å²) < 4.78 is 25.7. The zero-order valence-corrected chi connectivity index (χ0v) is 14.8. The first-order valence-corrected chi connectivity index (χ1v) is 10.0. The number of amides is 1. The average molecular weight is 338 g/mol. The van der Waals surface area contributed by atoms with E-state index in [9.17, 15) is 13.2 Å². The lowest BCUT2D eigenvalue weighted by Crippen LogP contribution is -2.43. The second kappa shape index (κ2) is 7.93. The van der Waals surface area contributed by atoms with Crippen LogP contribution >= 0.6 is 0 Å². The lowest BCUT2D eigenvalue weighted by atomic mass is 9.95. The summed E-state index contributed by atoms with van der Waals surface area (Å²) in [6.07, 6.45) is 6.54. The maximum Gasteiger partial charge on any atom is 0.228 e. The van der Waals surface area contributed by atoms with Crippen molar-refractivity contribution in [2.24, 2.45) is 0 Å². The molecule has 1 saturated carbocycles. The number of sulfonamides is 1. The molecule has 0 bridgehead atoms. The van der Waals surface area contributed by atoms with Gasteiger partial charge in [0.25, 0.3) is 0 Å². The molecule has 1 aliphatic carbocycles. The van der Waals surface area contributed by atoms with E-state index in [0.717, 1.165) is 31.4 Å². The monoisotopic (exact) mass is 338 g/mol. The van der Waals surface area contributed by atoms with Gasteiger partial charge in [0, 0.05) is 31.7 Å². The first-order valence-electron chi connectivity index (χ1n) is 8.18. The van der Waals surface area contributed by atoms with E-state index in [-0.39, 0.29) is 24.9 Å². The highest BCUT2D eigenvalue weighted by atomic mass is 32.2. The summed E-state index contributed by atoms with van der Waals surface area (Å²) >= 11 is 0. The molecular formula is C17H26N2O3S. The lowest BCUT2D eigenvalue weighted by Gasteiger charge is -2.32. The smallest absolute Gasteiger partial charge is 0.228 e. The minimum absolute atomic E-state index is 0.0496. The van der Waals surface area contributed by atoms with E-state index in [0.29, 0.717) is 0 Å². The highest BCUT2D eigenvalue weighted by Gasteiger charge is 2.28. The summed E-state index contributed by atoms with van der Waals surface area (Å²) in [6, 6.07) is 9.44. The molecule has 0 N–H and O–H groups in total. The minimum atomic E-state index is -3.29. The van der Waals surface area contributed by atoms with Gasteiger partial charge in [-0.25, -0.2) is 8.42 Å². The Balaban J connectivity index is 1.99. The van der Waals surface area contributed by atoms with E-state index in [1.165, 1.54) is 17.0 Å². The number of carbonyl (C=O) groups is 1. The Bertz CT molecular complexity index is 610. The fourth-order valence-corrected chi connectivity index (χ4v) is 4.33. The van der Waals surface area contributed by atoms with E-state index >= 15 is 0 Å².